The molecule has 1 heterocycles. The minimum absolute atomic E-state index is 0.159. The largest absolute Gasteiger partial charge is 0.486 e. The Bertz CT molecular complexity index is 1060. The summed E-state index contributed by atoms with van der Waals surface area (Å²) < 4.78 is 11.3. The summed E-state index contributed by atoms with van der Waals surface area (Å²) in [5.74, 6) is 0.706. The summed E-state index contributed by atoms with van der Waals surface area (Å²) in [6.07, 6.45) is 0.940. The standard InChI is InChI=1S/C25H23NO4/c1-17-7-10-19(11-8-17)25(28)20-15-22-23(30-14-13-29-22)16-21(20)26-24(27)12-9-18-5-3-2-4-6-18/h2-8,10-11,15-16H,9,12-14H2,1H3,(H,26,27). The molecule has 4 rings (SSSR count). The monoisotopic (exact) mass is 401 g/mol. The third kappa shape index (κ3) is 4.51. The number of anilines is 1. The van der Waals surface area contributed by atoms with Gasteiger partial charge in [-0.25, -0.2) is 0 Å². The normalized spacial score (nSPS) is 12.3. The molecule has 5 nitrogen and oxygen atoms in total. The number of hydrogen-bond acceptors (Lipinski definition) is 4. The van der Waals surface area contributed by atoms with Crippen molar-refractivity contribution in [2.75, 3.05) is 18.5 Å². The first-order chi connectivity index (χ1) is 14.6. The van der Waals surface area contributed by atoms with Crippen molar-refractivity contribution in [2.45, 2.75) is 19.8 Å². The van der Waals surface area contributed by atoms with E-state index >= 15 is 0 Å². The summed E-state index contributed by atoms with van der Waals surface area (Å²) >= 11 is 0. The summed E-state index contributed by atoms with van der Waals surface area (Å²) in [6, 6.07) is 20.5. The number of aryl methyl sites for hydroxylation is 2. The number of nitrogens with one attached hydrogen (secondary N) is 1. The fourth-order valence-electron chi connectivity index (χ4n) is 3.36. The Balaban J connectivity index is 1.59. The predicted molar refractivity (Wildman–Crippen MR) is 115 cm³/mol. The van der Waals surface area contributed by atoms with Crippen molar-refractivity contribution in [1.82, 2.24) is 0 Å². The van der Waals surface area contributed by atoms with Gasteiger partial charge in [0.25, 0.3) is 0 Å². The molecule has 3 aromatic carbocycles. The molecule has 30 heavy (non-hydrogen) atoms. The topological polar surface area (TPSA) is 64.6 Å². The van der Waals surface area contributed by atoms with E-state index in [0.29, 0.717) is 54.4 Å². The van der Waals surface area contributed by atoms with E-state index in [1.807, 2.05) is 49.4 Å². The molecule has 1 amide bonds. The smallest absolute Gasteiger partial charge is 0.224 e. The molecule has 3 aromatic rings. The molecule has 0 atom stereocenters. The van der Waals surface area contributed by atoms with Crippen LogP contribution in [0.15, 0.2) is 66.7 Å². The lowest BCUT2D eigenvalue weighted by molar-refractivity contribution is -0.116. The lowest BCUT2D eigenvalue weighted by Crippen LogP contribution is -2.19. The Labute approximate surface area is 175 Å². The van der Waals surface area contributed by atoms with Gasteiger partial charge in [-0.2, -0.15) is 0 Å². The lowest BCUT2D eigenvalue weighted by atomic mass is 9.99. The van der Waals surface area contributed by atoms with E-state index in [1.165, 1.54) is 0 Å². The van der Waals surface area contributed by atoms with E-state index in [0.717, 1.165) is 11.1 Å². The molecule has 152 valence electrons. The van der Waals surface area contributed by atoms with Gasteiger partial charge in [-0.1, -0.05) is 60.2 Å². The molecule has 1 aliphatic rings. The molecule has 0 saturated heterocycles. The van der Waals surface area contributed by atoms with Crippen molar-refractivity contribution in [3.8, 4) is 11.5 Å². The number of carbonyl (C=O) groups excluding carboxylic acids is 2. The van der Waals surface area contributed by atoms with Crippen LogP contribution in [0.5, 0.6) is 11.5 Å². The van der Waals surface area contributed by atoms with E-state index in [9.17, 15) is 9.59 Å². The molecule has 0 bridgehead atoms. The van der Waals surface area contributed by atoms with Gasteiger partial charge in [0.15, 0.2) is 17.3 Å². The fourth-order valence-corrected chi connectivity index (χ4v) is 3.36. The molecule has 0 saturated carbocycles. The van der Waals surface area contributed by atoms with E-state index in [2.05, 4.69) is 5.32 Å². The first kappa shape index (κ1) is 19.7. The van der Waals surface area contributed by atoms with Gasteiger partial charge in [-0.3, -0.25) is 9.59 Å². The average Bonchev–Trinajstić information content (AvgIpc) is 2.78. The first-order valence-corrected chi connectivity index (χ1v) is 9.99. The fraction of sp³-hybridized carbons (Fsp3) is 0.200. The predicted octanol–water partition coefficient (Wildman–Crippen LogP) is 4.57. The number of hydrogen-bond donors (Lipinski definition) is 1. The van der Waals surface area contributed by atoms with E-state index in [4.69, 9.17) is 9.47 Å². The number of ether oxygens (including phenoxy) is 2. The van der Waals surface area contributed by atoms with E-state index in [-0.39, 0.29) is 11.7 Å². The van der Waals surface area contributed by atoms with Gasteiger partial charge < -0.3 is 14.8 Å². The minimum Gasteiger partial charge on any atom is -0.486 e. The molecule has 0 aliphatic carbocycles. The van der Waals surface area contributed by atoms with Crippen molar-refractivity contribution >= 4 is 17.4 Å². The Hall–Kier alpha value is -3.60. The zero-order chi connectivity index (χ0) is 20.9. The highest BCUT2D eigenvalue weighted by Crippen LogP contribution is 2.36. The van der Waals surface area contributed by atoms with Crippen LogP contribution in [0.1, 0.15) is 33.5 Å². The van der Waals surface area contributed by atoms with Gasteiger partial charge >= 0.3 is 0 Å². The highest BCUT2D eigenvalue weighted by atomic mass is 16.6. The van der Waals surface area contributed by atoms with Crippen LogP contribution < -0.4 is 14.8 Å². The van der Waals surface area contributed by atoms with Crippen LogP contribution in [0.2, 0.25) is 0 Å². The Morgan fingerprint density at radius 2 is 1.57 bits per heavy atom. The molecular formula is C25H23NO4. The van der Waals surface area contributed by atoms with Gasteiger partial charge in [0.05, 0.1) is 11.3 Å². The molecule has 5 heteroatoms. The molecule has 1 N–H and O–H groups in total. The van der Waals surface area contributed by atoms with Gasteiger partial charge in [-0.15, -0.1) is 0 Å². The first-order valence-electron chi connectivity index (χ1n) is 9.99. The quantitative estimate of drug-likeness (QED) is 0.615. The van der Waals surface area contributed by atoms with Crippen LogP contribution in [-0.4, -0.2) is 24.9 Å². The number of ketones is 1. The Kier molecular flexibility index (Phi) is 5.80. The maximum Gasteiger partial charge on any atom is 0.224 e. The van der Waals surface area contributed by atoms with Crippen molar-refractivity contribution in [1.29, 1.82) is 0 Å². The van der Waals surface area contributed by atoms with E-state index < -0.39 is 0 Å². The van der Waals surface area contributed by atoms with E-state index in [1.54, 1.807) is 24.3 Å². The maximum atomic E-state index is 13.2. The second-order valence-electron chi connectivity index (χ2n) is 7.27. The third-order valence-electron chi connectivity index (χ3n) is 5.00. The zero-order valence-corrected chi connectivity index (χ0v) is 16.8. The molecule has 0 unspecified atom stereocenters. The average molecular weight is 401 g/mol. The summed E-state index contributed by atoms with van der Waals surface area (Å²) in [7, 11) is 0. The Morgan fingerprint density at radius 3 is 2.27 bits per heavy atom. The summed E-state index contributed by atoms with van der Waals surface area (Å²) in [5.41, 5.74) is 3.53. The third-order valence-corrected chi connectivity index (χ3v) is 5.00. The number of fused-ring (bicyclic) bond motifs is 1. The van der Waals surface area contributed by atoms with Crippen molar-refractivity contribution < 1.29 is 19.1 Å². The Morgan fingerprint density at radius 1 is 0.900 bits per heavy atom. The van der Waals surface area contributed by atoms with Gasteiger partial charge in [0.2, 0.25) is 5.91 Å². The minimum atomic E-state index is -0.176. The second kappa shape index (κ2) is 8.82. The summed E-state index contributed by atoms with van der Waals surface area (Å²) in [4.78, 5) is 25.8. The molecule has 1 aliphatic heterocycles. The van der Waals surface area contributed by atoms with Crippen LogP contribution in [0.25, 0.3) is 0 Å². The molecule has 0 aromatic heterocycles. The van der Waals surface area contributed by atoms with Gasteiger partial charge in [0, 0.05) is 18.1 Å². The van der Waals surface area contributed by atoms with Gasteiger partial charge in [0.1, 0.15) is 13.2 Å². The number of rotatable bonds is 6. The van der Waals surface area contributed by atoms with Crippen LogP contribution in [0.3, 0.4) is 0 Å². The van der Waals surface area contributed by atoms with Crippen LogP contribution in [0.4, 0.5) is 5.69 Å². The van der Waals surface area contributed by atoms with Gasteiger partial charge in [-0.05, 0) is 25.0 Å². The van der Waals surface area contributed by atoms with Crippen LogP contribution >= 0.6 is 0 Å². The van der Waals surface area contributed by atoms with Crippen LogP contribution in [0, 0.1) is 6.92 Å². The number of carbonyl (C=O) groups is 2. The van der Waals surface area contributed by atoms with Crippen molar-refractivity contribution in [3.05, 3.63) is 89.0 Å². The SMILES string of the molecule is Cc1ccc(C(=O)c2cc3c(cc2NC(=O)CCc2ccccc2)OCCO3)cc1. The van der Waals surface area contributed by atoms with Crippen molar-refractivity contribution in [2.24, 2.45) is 0 Å². The molecule has 0 fully saturated rings. The van der Waals surface area contributed by atoms with Crippen molar-refractivity contribution in [3.63, 3.8) is 0 Å². The highest BCUT2D eigenvalue weighted by Gasteiger charge is 2.22. The highest BCUT2D eigenvalue weighted by molar-refractivity contribution is 6.14. The maximum absolute atomic E-state index is 13.2. The number of benzene rings is 3. The van der Waals surface area contributed by atoms with Crippen LogP contribution in [-0.2, 0) is 11.2 Å². The summed E-state index contributed by atoms with van der Waals surface area (Å²) in [6.45, 7) is 2.82. The molecule has 0 radical (unpaired) electrons. The second-order valence-corrected chi connectivity index (χ2v) is 7.27. The summed E-state index contributed by atoms with van der Waals surface area (Å²) in [5, 5.41) is 2.90. The molecule has 0 spiro atoms. The number of amides is 1. The molecular weight excluding hydrogens is 378 g/mol. The zero-order valence-electron chi connectivity index (χ0n) is 16.8. The lowest BCUT2D eigenvalue weighted by Gasteiger charge is -2.21.